The number of carbonyl (C=O) groups excluding carboxylic acids is 1. The summed E-state index contributed by atoms with van der Waals surface area (Å²) >= 11 is 6.00. The zero-order valence-electron chi connectivity index (χ0n) is 9.54. The van der Waals surface area contributed by atoms with Gasteiger partial charge in [-0.15, -0.1) is 0 Å². The summed E-state index contributed by atoms with van der Waals surface area (Å²) in [6.45, 7) is 0.486. The molecule has 0 amide bonds. The summed E-state index contributed by atoms with van der Waals surface area (Å²) in [6.07, 6.45) is 1.12. The van der Waals surface area contributed by atoms with E-state index in [0.29, 0.717) is 24.3 Å². The fourth-order valence-electron chi connectivity index (χ4n) is 1.85. The largest absolute Gasteiger partial charge is 0.302 e. The van der Waals surface area contributed by atoms with E-state index in [-0.39, 0.29) is 6.54 Å². The topological polar surface area (TPSA) is 66.5 Å². The van der Waals surface area contributed by atoms with Crippen molar-refractivity contribution >= 4 is 28.1 Å². The lowest BCUT2D eigenvalue weighted by Gasteiger charge is -2.13. The number of nitrogens with one attached hydrogen (secondary N) is 1. The van der Waals surface area contributed by atoms with Crippen molar-refractivity contribution in [3.8, 4) is 0 Å². The summed E-state index contributed by atoms with van der Waals surface area (Å²) < 4.78 is 26.9. The summed E-state index contributed by atoms with van der Waals surface area (Å²) in [5.41, 5.74) is 0.893. The molecule has 1 unspecified atom stereocenters. The highest BCUT2D eigenvalue weighted by Crippen LogP contribution is 2.17. The van der Waals surface area contributed by atoms with Crippen molar-refractivity contribution in [3.05, 3.63) is 34.9 Å². The second kappa shape index (κ2) is 5.36. The van der Waals surface area contributed by atoms with Gasteiger partial charge in [0, 0.05) is 18.1 Å². The molecule has 0 saturated carbocycles. The highest BCUT2D eigenvalue weighted by Gasteiger charge is 2.34. The zero-order chi connectivity index (χ0) is 13.2. The quantitative estimate of drug-likeness (QED) is 0.825. The number of carbonyl (C=O) groups is 1. The average molecular weight is 289 g/mol. The second-order valence-electron chi connectivity index (χ2n) is 4.06. The normalized spacial score (nSPS) is 23.1. The maximum atomic E-state index is 11.7. The molecule has 5 nitrogen and oxygen atoms in total. The maximum Gasteiger partial charge on any atom is 0.280 e. The van der Waals surface area contributed by atoms with E-state index in [4.69, 9.17) is 11.6 Å². The lowest BCUT2D eigenvalue weighted by atomic mass is 10.1. The lowest BCUT2D eigenvalue weighted by molar-refractivity contribution is -0.109. The number of halogens is 1. The van der Waals surface area contributed by atoms with E-state index >= 15 is 0 Å². The highest BCUT2D eigenvalue weighted by atomic mass is 35.5. The van der Waals surface area contributed by atoms with Gasteiger partial charge in [0.25, 0.3) is 10.2 Å². The molecule has 98 valence electrons. The molecule has 0 aromatic heterocycles. The fourth-order valence-corrected chi connectivity index (χ4v) is 3.43. The van der Waals surface area contributed by atoms with Crippen LogP contribution in [0.25, 0.3) is 0 Å². The Morgan fingerprint density at radius 1 is 1.44 bits per heavy atom. The molecule has 1 heterocycles. The van der Waals surface area contributed by atoms with E-state index in [1.54, 1.807) is 6.07 Å². The molecule has 0 bridgehead atoms. The van der Waals surface area contributed by atoms with E-state index in [1.165, 1.54) is 4.31 Å². The van der Waals surface area contributed by atoms with Gasteiger partial charge in [-0.05, 0) is 18.1 Å². The van der Waals surface area contributed by atoms with Crippen molar-refractivity contribution in [3.63, 3.8) is 0 Å². The van der Waals surface area contributed by atoms with Crippen LogP contribution in [0, 0.1) is 0 Å². The van der Waals surface area contributed by atoms with Crippen LogP contribution in [0.3, 0.4) is 0 Å². The van der Waals surface area contributed by atoms with Gasteiger partial charge in [0.2, 0.25) is 0 Å². The molecular weight excluding hydrogens is 276 g/mol. The van der Waals surface area contributed by atoms with Gasteiger partial charge in [-0.1, -0.05) is 29.8 Å². The van der Waals surface area contributed by atoms with Crippen LogP contribution in [0.5, 0.6) is 0 Å². The molecule has 1 atom stereocenters. The third kappa shape index (κ3) is 2.89. The third-order valence-electron chi connectivity index (χ3n) is 2.79. The molecule has 1 aliphatic rings. The van der Waals surface area contributed by atoms with Gasteiger partial charge in [-0.25, -0.2) is 0 Å². The number of aldehydes is 1. The molecule has 1 aromatic rings. The molecule has 1 N–H and O–H groups in total. The molecule has 0 aliphatic carbocycles. The molecule has 7 heteroatoms. The van der Waals surface area contributed by atoms with Gasteiger partial charge in [0.05, 0.1) is 6.04 Å². The van der Waals surface area contributed by atoms with E-state index in [1.807, 2.05) is 18.2 Å². The Kier molecular flexibility index (Phi) is 4.01. The second-order valence-corrected chi connectivity index (χ2v) is 6.17. The zero-order valence-corrected chi connectivity index (χ0v) is 11.1. The molecule has 18 heavy (non-hydrogen) atoms. The Morgan fingerprint density at radius 2 is 2.17 bits per heavy atom. The summed E-state index contributed by atoms with van der Waals surface area (Å²) in [6, 6.07) is 6.65. The van der Waals surface area contributed by atoms with Crippen LogP contribution >= 0.6 is 11.6 Å². The number of hydrogen-bond acceptors (Lipinski definition) is 3. The van der Waals surface area contributed by atoms with Gasteiger partial charge in [0.15, 0.2) is 0 Å². The number of hydrogen-bond donors (Lipinski definition) is 1. The monoisotopic (exact) mass is 288 g/mol. The predicted octanol–water partition coefficient (Wildman–Crippen LogP) is 0.600. The smallest absolute Gasteiger partial charge is 0.280 e. The van der Waals surface area contributed by atoms with E-state index in [2.05, 4.69) is 4.72 Å². The molecule has 1 fully saturated rings. The minimum atomic E-state index is -3.52. The Labute approximate surface area is 111 Å². The van der Waals surface area contributed by atoms with Gasteiger partial charge >= 0.3 is 0 Å². The number of nitrogens with zero attached hydrogens (tertiary/aromatic N) is 1. The molecular formula is C11H13ClN2O3S. The Balaban J connectivity index is 2.03. The van der Waals surface area contributed by atoms with Crippen LogP contribution in [0.4, 0.5) is 0 Å². The SMILES string of the molecule is O=CC1CN(CCc2ccccc2Cl)S(=O)(=O)N1. The fraction of sp³-hybridized carbons (Fsp3) is 0.364. The van der Waals surface area contributed by atoms with Gasteiger partial charge in [-0.2, -0.15) is 17.4 Å². The Hall–Kier alpha value is -0.950. The molecule has 2 rings (SSSR count). The molecule has 0 radical (unpaired) electrons. The molecule has 1 aliphatic heterocycles. The van der Waals surface area contributed by atoms with Crippen molar-refractivity contribution in [2.24, 2.45) is 0 Å². The van der Waals surface area contributed by atoms with Crippen LogP contribution in [-0.4, -0.2) is 38.1 Å². The highest BCUT2D eigenvalue weighted by molar-refractivity contribution is 7.87. The van der Waals surface area contributed by atoms with Crippen LogP contribution in [-0.2, 0) is 21.4 Å². The first-order valence-corrected chi connectivity index (χ1v) is 7.31. The Morgan fingerprint density at radius 3 is 2.78 bits per heavy atom. The van der Waals surface area contributed by atoms with Crippen molar-refractivity contribution in [2.45, 2.75) is 12.5 Å². The van der Waals surface area contributed by atoms with Crippen LogP contribution in [0.2, 0.25) is 5.02 Å². The number of benzene rings is 1. The first-order chi connectivity index (χ1) is 8.53. The van der Waals surface area contributed by atoms with Crippen LogP contribution in [0.15, 0.2) is 24.3 Å². The van der Waals surface area contributed by atoms with E-state index < -0.39 is 16.3 Å². The van der Waals surface area contributed by atoms with Crippen molar-refractivity contribution in [1.82, 2.24) is 9.03 Å². The first kappa shape index (κ1) is 13.5. The minimum absolute atomic E-state index is 0.177. The summed E-state index contributed by atoms with van der Waals surface area (Å²) in [5, 5.41) is 0.619. The number of rotatable bonds is 4. The van der Waals surface area contributed by atoms with Gasteiger partial charge < -0.3 is 4.79 Å². The van der Waals surface area contributed by atoms with Gasteiger partial charge in [-0.3, -0.25) is 0 Å². The predicted molar refractivity (Wildman–Crippen MR) is 68.6 cm³/mol. The van der Waals surface area contributed by atoms with Crippen molar-refractivity contribution in [1.29, 1.82) is 0 Å². The van der Waals surface area contributed by atoms with Crippen molar-refractivity contribution < 1.29 is 13.2 Å². The maximum absolute atomic E-state index is 11.7. The summed E-state index contributed by atoms with van der Waals surface area (Å²) in [7, 11) is -3.52. The van der Waals surface area contributed by atoms with Gasteiger partial charge in [0.1, 0.15) is 6.29 Å². The molecule has 0 spiro atoms. The summed E-state index contributed by atoms with van der Waals surface area (Å²) in [4.78, 5) is 10.6. The van der Waals surface area contributed by atoms with E-state index in [9.17, 15) is 13.2 Å². The molecule has 1 saturated heterocycles. The Bertz CT molecular complexity index is 547. The van der Waals surface area contributed by atoms with E-state index in [0.717, 1.165) is 5.56 Å². The standard InChI is InChI=1S/C11H13ClN2O3S/c12-11-4-2-1-3-9(11)5-6-14-7-10(8-15)13-18(14,16)17/h1-4,8,10,13H,5-7H2. The van der Waals surface area contributed by atoms with Crippen LogP contribution < -0.4 is 4.72 Å². The average Bonchev–Trinajstić information content (AvgIpc) is 2.63. The minimum Gasteiger partial charge on any atom is -0.302 e. The summed E-state index contributed by atoms with van der Waals surface area (Å²) in [5.74, 6) is 0. The van der Waals surface area contributed by atoms with Crippen LogP contribution in [0.1, 0.15) is 5.56 Å². The molecule has 1 aromatic carbocycles. The lowest BCUT2D eigenvalue weighted by Crippen LogP contribution is -2.31. The first-order valence-electron chi connectivity index (χ1n) is 5.49. The van der Waals surface area contributed by atoms with Crippen molar-refractivity contribution in [2.75, 3.05) is 13.1 Å². The third-order valence-corrected chi connectivity index (χ3v) is 4.77.